The topological polar surface area (TPSA) is 77.2 Å². The van der Waals surface area contributed by atoms with E-state index in [0.29, 0.717) is 19.6 Å². The smallest absolute Gasteiger partial charge is 0.220 e. The average Bonchev–Trinajstić information content (AvgIpc) is 2.40. The number of nitrogens with zero attached hydrogens (tertiary/aromatic N) is 1. The van der Waals surface area contributed by atoms with Crippen molar-refractivity contribution < 1.29 is 9.53 Å². The van der Waals surface area contributed by atoms with Crippen LogP contribution in [-0.4, -0.2) is 36.2 Å². The Hall–Kier alpha value is -1.46. The van der Waals surface area contributed by atoms with Gasteiger partial charge in [-0.2, -0.15) is 0 Å². The van der Waals surface area contributed by atoms with Crippen LogP contribution in [0.25, 0.3) is 0 Å². The summed E-state index contributed by atoms with van der Waals surface area (Å²) in [5, 5.41) is 2.98. The molecule has 1 aliphatic rings. The van der Waals surface area contributed by atoms with E-state index < -0.39 is 0 Å². The van der Waals surface area contributed by atoms with Crippen molar-refractivity contribution in [2.45, 2.75) is 31.3 Å². The lowest BCUT2D eigenvalue weighted by Gasteiger charge is -2.29. The predicted molar refractivity (Wildman–Crippen MR) is 67.9 cm³/mol. The van der Waals surface area contributed by atoms with Crippen LogP contribution >= 0.6 is 0 Å². The van der Waals surface area contributed by atoms with Gasteiger partial charge in [-0.3, -0.25) is 9.78 Å². The fourth-order valence-corrected chi connectivity index (χ4v) is 2.03. The number of amides is 1. The van der Waals surface area contributed by atoms with Gasteiger partial charge in [0.2, 0.25) is 5.91 Å². The number of nitrogens with two attached hydrogens (primary N) is 1. The van der Waals surface area contributed by atoms with Crippen LogP contribution in [0.3, 0.4) is 0 Å². The van der Waals surface area contributed by atoms with E-state index in [1.807, 2.05) is 12.1 Å². The number of aromatic nitrogens is 1. The summed E-state index contributed by atoms with van der Waals surface area (Å²) in [4.78, 5) is 15.8. The number of pyridine rings is 1. The molecule has 98 valence electrons. The number of carbonyl (C=O) groups is 1. The molecule has 2 rings (SSSR count). The van der Waals surface area contributed by atoms with Crippen LogP contribution in [0.15, 0.2) is 24.5 Å². The monoisotopic (exact) mass is 249 g/mol. The van der Waals surface area contributed by atoms with Crippen LogP contribution in [0.2, 0.25) is 0 Å². The molecule has 2 unspecified atom stereocenters. The molecule has 1 fully saturated rings. The van der Waals surface area contributed by atoms with Crippen LogP contribution in [0, 0.1) is 0 Å². The maximum Gasteiger partial charge on any atom is 0.220 e. The van der Waals surface area contributed by atoms with Crippen LogP contribution in [0.4, 0.5) is 0 Å². The molecule has 0 radical (unpaired) electrons. The second-order valence-corrected chi connectivity index (χ2v) is 4.56. The van der Waals surface area contributed by atoms with Crippen molar-refractivity contribution in [3.05, 3.63) is 30.1 Å². The maximum absolute atomic E-state index is 11.8. The molecule has 3 N–H and O–H groups in total. The Morgan fingerprint density at radius 1 is 1.50 bits per heavy atom. The molecule has 0 aliphatic carbocycles. The van der Waals surface area contributed by atoms with Crippen molar-refractivity contribution in [2.24, 2.45) is 5.73 Å². The molecule has 1 amide bonds. The number of nitrogens with one attached hydrogen (secondary N) is 1. The molecule has 0 saturated carbocycles. The van der Waals surface area contributed by atoms with Gasteiger partial charge in [-0.05, 0) is 30.5 Å². The summed E-state index contributed by atoms with van der Waals surface area (Å²) in [6.07, 6.45) is 5.48. The molecule has 1 aromatic rings. The largest absolute Gasteiger partial charge is 0.380 e. The molecule has 1 saturated heterocycles. The number of aryl methyl sites for hydroxylation is 1. The van der Waals surface area contributed by atoms with Crippen LogP contribution < -0.4 is 11.1 Å². The Bertz CT molecular complexity index is 383. The summed E-state index contributed by atoms with van der Waals surface area (Å²) in [6.45, 7) is 1.19. The van der Waals surface area contributed by atoms with Crippen molar-refractivity contribution in [3.8, 4) is 0 Å². The first-order chi connectivity index (χ1) is 8.75. The molecule has 1 aromatic heterocycles. The third kappa shape index (κ3) is 3.78. The first kappa shape index (κ1) is 13.0. The minimum atomic E-state index is -0.0939. The van der Waals surface area contributed by atoms with E-state index in [9.17, 15) is 4.79 Å². The van der Waals surface area contributed by atoms with Gasteiger partial charge in [-0.25, -0.2) is 0 Å². The molecule has 0 aromatic carbocycles. The number of rotatable bonds is 4. The second kappa shape index (κ2) is 6.47. The predicted octanol–water partition coefficient (Wildman–Crippen LogP) is 0.247. The molecule has 2 atom stereocenters. The van der Waals surface area contributed by atoms with Gasteiger partial charge in [0.05, 0.1) is 6.61 Å². The highest BCUT2D eigenvalue weighted by atomic mass is 16.5. The Labute approximate surface area is 107 Å². The number of carbonyl (C=O) groups excluding carboxylic acids is 1. The first-order valence-corrected chi connectivity index (χ1v) is 6.27. The van der Waals surface area contributed by atoms with Crippen molar-refractivity contribution in [1.29, 1.82) is 0 Å². The number of hydrogen-bond donors (Lipinski definition) is 2. The molecule has 5 heteroatoms. The van der Waals surface area contributed by atoms with Gasteiger partial charge in [0, 0.05) is 37.5 Å². The summed E-state index contributed by atoms with van der Waals surface area (Å²) in [6, 6.07) is 3.80. The number of hydrogen-bond acceptors (Lipinski definition) is 4. The van der Waals surface area contributed by atoms with Crippen LogP contribution in [-0.2, 0) is 16.0 Å². The van der Waals surface area contributed by atoms with Gasteiger partial charge in [-0.15, -0.1) is 0 Å². The van der Waals surface area contributed by atoms with E-state index in [1.165, 1.54) is 0 Å². The molecular weight excluding hydrogens is 230 g/mol. The third-order valence-corrected chi connectivity index (χ3v) is 3.14. The van der Waals surface area contributed by atoms with Crippen molar-refractivity contribution in [2.75, 3.05) is 13.2 Å². The summed E-state index contributed by atoms with van der Waals surface area (Å²) in [5.41, 5.74) is 7.01. The normalized spacial score (nSPS) is 23.6. The zero-order valence-corrected chi connectivity index (χ0v) is 10.3. The molecular formula is C13H19N3O2. The van der Waals surface area contributed by atoms with E-state index in [2.05, 4.69) is 10.3 Å². The highest BCUT2D eigenvalue weighted by molar-refractivity contribution is 5.76. The highest BCUT2D eigenvalue weighted by Crippen LogP contribution is 2.07. The lowest BCUT2D eigenvalue weighted by atomic mass is 10.0. The third-order valence-electron chi connectivity index (χ3n) is 3.14. The van der Waals surface area contributed by atoms with Gasteiger partial charge in [-0.1, -0.05) is 0 Å². The lowest BCUT2D eigenvalue weighted by Crippen LogP contribution is -2.53. The minimum Gasteiger partial charge on any atom is -0.380 e. The molecule has 0 spiro atoms. The Morgan fingerprint density at radius 2 is 2.28 bits per heavy atom. The quantitative estimate of drug-likeness (QED) is 0.801. The number of ether oxygens (including phenoxy) is 1. The van der Waals surface area contributed by atoms with Gasteiger partial charge < -0.3 is 15.8 Å². The van der Waals surface area contributed by atoms with Gasteiger partial charge >= 0.3 is 0 Å². The average molecular weight is 249 g/mol. The minimum absolute atomic E-state index is 0.0451. The maximum atomic E-state index is 11.8. The van der Waals surface area contributed by atoms with Crippen molar-refractivity contribution in [1.82, 2.24) is 10.3 Å². The first-order valence-electron chi connectivity index (χ1n) is 6.27. The van der Waals surface area contributed by atoms with E-state index in [0.717, 1.165) is 18.4 Å². The summed E-state index contributed by atoms with van der Waals surface area (Å²) in [7, 11) is 0. The van der Waals surface area contributed by atoms with Crippen molar-refractivity contribution >= 4 is 5.91 Å². The molecule has 5 nitrogen and oxygen atoms in total. The lowest BCUT2D eigenvalue weighted by molar-refractivity contribution is -0.122. The zero-order valence-electron chi connectivity index (χ0n) is 10.3. The molecule has 1 aliphatic heterocycles. The fraction of sp³-hybridized carbons (Fsp3) is 0.538. The molecule has 2 heterocycles. The zero-order chi connectivity index (χ0) is 12.8. The van der Waals surface area contributed by atoms with Crippen molar-refractivity contribution in [3.63, 3.8) is 0 Å². The molecule has 0 bridgehead atoms. The van der Waals surface area contributed by atoms with Crippen LogP contribution in [0.1, 0.15) is 18.4 Å². The van der Waals surface area contributed by atoms with Gasteiger partial charge in [0.15, 0.2) is 0 Å². The van der Waals surface area contributed by atoms with Gasteiger partial charge in [0.1, 0.15) is 0 Å². The van der Waals surface area contributed by atoms with Gasteiger partial charge in [0.25, 0.3) is 0 Å². The van der Waals surface area contributed by atoms with E-state index in [1.54, 1.807) is 12.4 Å². The summed E-state index contributed by atoms with van der Waals surface area (Å²) in [5.74, 6) is 0.0502. The summed E-state index contributed by atoms with van der Waals surface area (Å²) < 4.78 is 5.24. The Balaban J connectivity index is 1.75. The van der Waals surface area contributed by atoms with E-state index in [4.69, 9.17) is 10.5 Å². The molecule has 18 heavy (non-hydrogen) atoms. The second-order valence-electron chi connectivity index (χ2n) is 4.56. The van der Waals surface area contributed by atoms with E-state index >= 15 is 0 Å². The fourth-order valence-electron chi connectivity index (χ4n) is 2.03. The van der Waals surface area contributed by atoms with E-state index in [-0.39, 0.29) is 18.0 Å². The highest BCUT2D eigenvalue weighted by Gasteiger charge is 2.23. The summed E-state index contributed by atoms with van der Waals surface area (Å²) >= 11 is 0. The Kier molecular flexibility index (Phi) is 4.66. The standard InChI is InChI=1S/C13H19N3O2/c14-11-9-18-8-5-12(11)16-13(17)2-1-10-3-6-15-7-4-10/h3-4,6-7,11-12H,1-2,5,8-9,14H2,(H,16,17). The Morgan fingerprint density at radius 3 is 3.00 bits per heavy atom. The SMILES string of the molecule is NC1COCCC1NC(=O)CCc1ccncc1. The van der Waals surface area contributed by atoms with Crippen LogP contribution in [0.5, 0.6) is 0 Å².